The van der Waals surface area contributed by atoms with Crippen molar-refractivity contribution in [2.75, 3.05) is 6.26 Å². The van der Waals surface area contributed by atoms with Crippen LogP contribution in [-0.4, -0.2) is 11.2 Å². The van der Waals surface area contributed by atoms with E-state index >= 15 is 0 Å². The summed E-state index contributed by atoms with van der Waals surface area (Å²) in [6.07, 6.45) is 2.07. The normalized spacial score (nSPS) is 10.4. The first-order valence-electron chi connectivity index (χ1n) is 6.54. The molecule has 3 aromatic rings. The molecule has 2 aromatic carbocycles. The van der Waals surface area contributed by atoms with Crippen molar-refractivity contribution in [2.45, 2.75) is 5.03 Å². The highest BCUT2D eigenvalue weighted by molar-refractivity contribution is 7.98. The number of hydrogen-bond donors (Lipinski definition) is 0. The largest absolute Gasteiger partial charge is 0.241 e. The van der Waals surface area contributed by atoms with Crippen LogP contribution in [0.4, 0.5) is 0 Å². The third-order valence-electron chi connectivity index (χ3n) is 3.21. The Balaban J connectivity index is 2.07. The lowest BCUT2D eigenvalue weighted by Crippen LogP contribution is -1.90. The molecule has 0 aliphatic carbocycles. The Bertz CT molecular complexity index is 693. The summed E-state index contributed by atoms with van der Waals surface area (Å²) in [4.78, 5) is 4.80. The van der Waals surface area contributed by atoms with Gasteiger partial charge in [-0.15, -0.1) is 11.8 Å². The summed E-state index contributed by atoms with van der Waals surface area (Å²) in [7, 11) is 0. The Morgan fingerprint density at radius 1 is 0.700 bits per heavy atom. The van der Waals surface area contributed by atoms with E-state index in [2.05, 4.69) is 54.8 Å². The smallest absolute Gasteiger partial charge is 0.104 e. The van der Waals surface area contributed by atoms with E-state index in [1.54, 1.807) is 11.8 Å². The van der Waals surface area contributed by atoms with E-state index in [1.807, 2.05) is 24.3 Å². The van der Waals surface area contributed by atoms with Gasteiger partial charge in [0, 0.05) is 11.1 Å². The molecule has 0 radical (unpaired) electrons. The van der Waals surface area contributed by atoms with Crippen molar-refractivity contribution in [3.63, 3.8) is 0 Å². The van der Waals surface area contributed by atoms with E-state index in [4.69, 9.17) is 4.98 Å². The van der Waals surface area contributed by atoms with E-state index in [0.717, 1.165) is 16.3 Å². The van der Waals surface area contributed by atoms with Crippen LogP contribution < -0.4 is 0 Å². The lowest BCUT2D eigenvalue weighted by atomic mass is 10.1. The number of pyridine rings is 1. The minimum atomic E-state index is 1.02. The van der Waals surface area contributed by atoms with Crippen molar-refractivity contribution in [1.29, 1.82) is 0 Å². The monoisotopic (exact) mass is 277 g/mol. The number of rotatable bonds is 3. The van der Waals surface area contributed by atoms with Gasteiger partial charge in [0.05, 0.1) is 5.69 Å². The van der Waals surface area contributed by atoms with Gasteiger partial charge in [-0.1, -0.05) is 60.7 Å². The van der Waals surface area contributed by atoms with Crippen LogP contribution in [0, 0.1) is 0 Å². The molecule has 0 bridgehead atoms. The number of benzene rings is 2. The van der Waals surface area contributed by atoms with Gasteiger partial charge in [0.1, 0.15) is 5.03 Å². The molecule has 0 atom stereocenters. The fraction of sp³-hybridized carbons (Fsp3) is 0.0556. The van der Waals surface area contributed by atoms with E-state index in [9.17, 15) is 0 Å². The standard InChI is InChI=1S/C18H15NS/c1-20-18-16(14-8-4-2-5-9-14)12-13-17(19-18)15-10-6-3-7-11-15/h2-13H,1H3. The fourth-order valence-electron chi connectivity index (χ4n) is 2.20. The molecule has 0 amide bonds. The van der Waals surface area contributed by atoms with Crippen LogP contribution >= 0.6 is 11.8 Å². The number of thioether (sulfide) groups is 1. The summed E-state index contributed by atoms with van der Waals surface area (Å²) in [6, 6.07) is 25.0. The van der Waals surface area contributed by atoms with E-state index < -0.39 is 0 Å². The summed E-state index contributed by atoms with van der Waals surface area (Å²) in [6.45, 7) is 0. The third kappa shape index (κ3) is 2.61. The molecule has 0 fully saturated rings. The molecule has 0 spiro atoms. The van der Waals surface area contributed by atoms with Crippen LogP contribution in [0.3, 0.4) is 0 Å². The van der Waals surface area contributed by atoms with Crippen molar-refractivity contribution in [3.8, 4) is 22.4 Å². The second-order valence-electron chi connectivity index (χ2n) is 4.49. The first-order chi connectivity index (χ1) is 9.88. The van der Waals surface area contributed by atoms with Gasteiger partial charge >= 0.3 is 0 Å². The van der Waals surface area contributed by atoms with Crippen LogP contribution in [0.25, 0.3) is 22.4 Å². The average molecular weight is 277 g/mol. The third-order valence-corrected chi connectivity index (χ3v) is 3.91. The molecule has 0 aliphatic rings. The van der Waals surface area contributed by atoms with Crippen LogP contribution in [0.2, 0.25) is 0 Å². The zero-order chi connectivity index (χ0) is 13.8. The molecular formula is C18H15NS. The van der Waals surface area contributed by atoms with Crippen molar-refractivity contribution in [2.24, 2.45) is 0 Å². The molecule has 1 aromatic heterocycles. The molecular weight excluding hydrogens is 262 g/mol. The highest BCUT2D eigenvalue weighted by atomic mass is 32.2. The zero-order valence-corrected chi connectivity index (χ0v) is 12.1. The molecule has 0 aliphatic heterocycles. The van der Waals surface area contributed by atoms with Crippen LogP contribution in [0.5, 0.6) is 0 Å². The van der Waals surface area contributed by atoms with E-state index in [0.29, 0.717) is 0 Å². The van der Waals surface area contributed by atoms with Gasteiger partial charge in [0.15, 0.2) is 0 Å². The highest BCUT2D eigenvalue weighted by Gasteiger charge is 2.08. The lowest BCUT2D eigenvalue weighted by Gasteiger charge is -2.09. The zero-order valence-electron chi connectivity index (χ0n) is 11.3. The topological polar surface area (TPSA) is 12.9 Å². The molecule has 0 saturated carbocycles. The second-order valence-corrected chi connectivity index (χ2v) is 5.28. The average Bonchev–Trinajstić information content (AvgIpc) is 2.56. The maximum absolute atomic E-state index is 4.80. The van der Waals surface area contributed by atoms with Gasteiger partial charge in [-0.2, -0.15) is 0 Å². The maximum Gasteiger partial charge on any atom is 0.104 e. The first kappa shape index (κ1) is 12.9. The molecule has 98 valence electrons. The molecule has 0 N–H and O–H groups in total. The fourth-order valence-corrected chi connectivity index (χ4v) is 2.80. The second kappa shape index (κ2) is 5.93. The van der Waals surface area contributed by atoms with Crippen molar-refractivity contribution < 1.29 is 0 Å². The van der Waals surface area contributed by atoms with Gasteiger partial charge in [0.2, 0.25) is 0 Å². The van der Waals surface area contributed by atoms with Gasteiger partial charge in [0.25, 0.3) is 0 Å². The number of hydrogen-bond acceptors (Lipinski definition) is 2. The summed E-state index contributed by atoms with van der Waals surface area (Å²) in [5.41, 5.74) is 4.58. The quantitative estimate of drug-likeness (QED) is 0.615. The Morgan fingerprint density at radius 3 is 1.90 bits per heavy atom. The minimum Gasteiger partial charge on any atom is -0.241 e. The number of aromatic nitrogens is 1. The molecule has 2 heteroatoms. The van der Waals surface area contributed by atoms with Crippen LogP contribution in [0.1, 0.15) is 0 Å². The lowest BCUT2D eigenvalue weighted by molar-refractivity contribution is 1.15. The molecule has 1 heterocycles. The van der Waals surface area contributed by atoms with Gasteiger partial charge < -0.3 is 0 Å². The summed E-state index contributed by atoms with van der Waals surface area (Å²) in [5, 5.41) is 1.07. The molecule has 0 unspecified atom stereocenters. The summed E-state index contributed by atoms with van der Waals surface area (Å²) in [5.74, 6) is 0. The van der Waals surface area contributed by atoms with Crippen molar-refractivity contribution >= 4 is 11.8 Å². The molecule has 3 rings (SSSR count). The SMILES string of the molecule is CSc1nc(-c2ccccc2)ccc1-c1ccccc1. The molecule has 1 nitrogen and oxygen atoms in total. The first-order valence-corrected chi connectivity index (χ1v) is 7.77. The van der Waals surface area contributed by atoms with Gasteiger partial charge in [-0.25, -0.2) is 4.98 Å². The Hall–Kier alpha value is -2.06. The van der Waals surface area contributed by atoms with Crippen LogP contribution in [-0.2, 0) is 0 Å². The van der Waals surface area contributed by atoms with Crippen LogP contribution in [0.15, 0.2) is 77.8 Å². The maximum atomic E-state index is 4.80. The molecule has 20 heavy (non-hydrogen) atoms. The van der Waals surface area contributed by atoms with Gasteiger partial charge in [-0.05, 0) is 24.0 Å². The molecule has 0 saturated heterocycles. The summed E-state index contributed by atoms with van der Waals surface area (Å²) >= 11 is 1.69. The number of nitrogens with zero attached hydrogens (tertiary/aromatic N) is 1. The van der Waals surface area contributed by atoms with Gasteiger partial charge in [-0.3, -0.25) is 0 Å². The van der Waals surface area contributed by atoms with E-state index in [-0.39, 0.29) is 0 Å². The highest BCUT2D eigenvalue weighted by Crippen LogP contribution is 2.31. The van der Waals surface area contributed by atoms with Crippen molar-refractivity contribution in [1.82, 2.24) is 4.98 Å². The minimum absolute atomic E-state index is 1.02. The van der Waals surface area contributed by atoms with Crippen molar-refractivity contribution in [3.05, 3.63) is 72.8 Å². The summed E-state index contributed by atoms with van der Waals surface area (Å²) < 4.78 is 0. The Morgan fingerprint density at radius 2 is 1.30 bits per heavy atom. The Labute approximate surface area is 123 Å². The Kier molecular flexibility index (Phi) is 3.84. The predicted octanol–water partition coefficient (Wildman–Crippen LogP) is 5.14. The predicted molar refractivity (Wildman–Crippen MR) is 86.9 cm³/mol. The van der Waals surface area contributed by atoms with E-state index in [1.165, 1.54) is 11.1 Å².